The van der Waals surface area contributed by atoms with Crippen LogP contribution in [0.5, 0.6) is 11.5 Å². The second-order valence-corrected chi connectivity index (χ2v) is 8.33. The van der Waals surface area contributed by atoms with Crippen molar-refractivity contribution in [1.29, 1.82) is 0 Å². The number of rotatable bonds is 11. The van der Waals surface area contributed by atoms with E-state index in [1.165, 1.54) is 26.3 Å². The van der Waals surface area contributed by atoms with Gasteiger partial charge < -0.3 is 24.6 Å². The Balaban J connectivity index is 2.01. The predicted octanol–water partition coefficient (Wildman–Crippen LogP) is 5.66. The predicted molar refractivity (Wildman–Crippen MR) is 148 cm³/mol. The van der Waals surface area contributed by atoms with Crippen molar-refractivity contribution in [2.24, 2.45) is 16.2 Å². The summed E-state index contributed by atoms with van der Waals surface area (Å²) in [5, 5.41) is 10.7. The number of benzene rings is 3. The fourth-order valence-electron chi connectivity index (χ4n) is 3.77. The molecule has 0 spiro atoms. The van der Waals surface area contributed by atoms with Gasteiger partial charge in [0.25, 0.3) is 5.91 Å². The Hall–Kier alpha value is -4.84. The van der Waals surface area contributed by atoms with Crippen molar-refractivity contribution in [1.82, 2.24) is 5.32 Å². The summed E-state index contributed by atoms with van der Waals surface area (Å²) >= 11 is 0. The van der Waals surface area contributed by atoms with E-state index in [1.807, 2.05) is 0 Å². The number of carbonyl (C=O) groups excluding carboxylic acids is 1. The molecule has 0 bridgehead atoms. The number of nitrogens with two attached hydrogens (primary N) is 1. The molecule has 0 saturated heterocycles. The number of hydrogen-bond donors (Lipinski definition) is 2. The molecule has 0 fully saturated rings. The molecule has 3 rings (SSSR count). The van der Waals surface area contributed by atoms with Crippen LogP contribution in [0, 0.1) is 0 Å². The quantitative estimate of drug-likeness (QED) is 0.175. The summed E-state index contributed by atoms with van der Waals surface area (Å²) in [6.07, 6.45) is -4.44. The minimum atomic E-state index is -4.44. The van der Waals surface area contributed by atoms with Gasteiger partial charge in [0.2, 0.25) is 0 Å². The summed E-state index contributed by atoms with van der Waals surface area (Å²) < 4.78 is 44.2. The van der Waals surface area contributed by atoms with Crippen molar-refractivity contribution in [3.63, 3.8) is 0 Å². The van der Waals surface area contributed by atoms with Gasteiger partial charge in [-0.3, -0.25) is 4.79 Å². The second-order valence-electron chi connectivity index (χ2n) is 8.33. The first kappa shape index (κ1) is 30.7. The largest absolute Gasteiger partial charge is 0.457 e. The Labute approximate surface area is 235 Å². The maximum atomic E-state index is 12.8. The highest BCUT2D eigenvalue weighted by molar-refractivity contribution is 6.45. The number of oxime groups is 2. The number of ether oxygens (including phenoxy) is 1. The van der Waals surface area contributed by atoms with Crippen LogP contribution >= 0.6 is 0 Å². The molecule has 9 nitrogen and oxygen atoms in total. The van der Waals surface area contributed by atoms with Gasteiger partial charge in [-0.05, 0) is 62.4 Å². The van der Waals surface area contributed by atoms with Crippen LogP contribution in [-0.4, -0.2) is 38.1 Å². The van der Waals surface area contributed by atoms with Gasteiger partial charge in [0.05, 0.1) is 5.56 Å². The molecule has 0 atom stereocenters. The van der Waals surface area contributed by atoms with Gasteiger partial charge in [-0.1, -0.05) is 34.6 Å². The van der Waals surface area contributed by atoms with Crippen LogP contribution in [0.15, 0.2) is 88.7 Å². The Morgan fingerprint density at radius 1 is 0.902 bits per heavy atom. The number of nitrogens with zero attached hydrogens (tertiary/aromatic N) is 2. The molecule has 0 aliphatic rings. The van der Waals surface area contributed by atoms with Crippen molar-refractivity contribution in [2.45, 2.75) is 20.0 Å². The Morgan fingerprint density at radius 3 is 2.00 bits per heavy atom. The first-order chi connectivity index (χ1) is 19.6. The molecule has 0 aromatic heterocycles. The lowest BCUT2D eigenvalue weighted by atomic mass is 9.95. The zero-order valence-corrected chi connectivity index (χ0v) is 22.8. The summed E-state index contributed by atoms with van der Waals surface area (Å²) in [5.74, 6) is 6.07. The monoisotopic (exact) mass is 570 g/mol. The molecule has 0 heterocycles. The first-order valence-electron chi connectivity index (χ1n) is 12.3. The van der Waals surface area contributed by atoms with Crippen molar-refractivity contribution in [3.05, 3.63) is 101 Å². The summed E-state index contributed by atoms with van der Waals surface area (Å²) in [7, 11) is 2.79. The van der Waals surface area contributed by atoms with Crippen LogP contribution < -0.4 is 16.0 Å². The highest BCUT2D eigenvalue weighted by Gasteiger charge is 2.30. The average Bonchev–Trinajstić information content (AvgIpc) is 2.97. The lowest BCUT2D eigenvalue weighted by Crippen LogP contribution is -2.29. The van der Waals surface area contributed by atoms with Crippen LogP contribution in [-0.2, 0) is 25.5 Å². The van der Waals surface area contributed by atoms with Gasteiger partial charge in [0, 0.05) is 29.3 Å². The molecule has 12 heteroatoms. The number of halogens is 3. The number of hydrogen-bond acceptors (Lipinski definition) is 8. The van der Waals surface area contributed by atoms with Crippen molar-refractivity contribution in [2.75, 3.05) is 20.8 Å². The molecule has 3 aromatic carbocycles. The number of nitrogens with one attached hydrogen (secondary N) is 1. The normalized spacial score (nSPS) is 12.8. The second kappa shape index (κ2) is 14.0. The zero-order valence-electron chi connectivity index (χ0n) is 22.8. The Kier molecular flexibility index (Phi) is 10.5. The minimum Gasteiger partial charge on any atom is -0.457 e. The fraction of sp³-hybridized carbons (Fsp3) is 0.207. The topological polar surface area (TPSA) is 117 Å². The lowest BCUT2D eigenvalue weighted by Gasteiger charge is -2.16. The van der Waals surface area contributed by atoms with E-state index < -0.39 is 17.6 Å². The fourth-order valence-corrected chi connectivity index (χ4v) is 3.77. The highest BCUT2D eigenvalue weighted by Crippen LogP contribution is 2.32. The molecule has 216 valence electrons. The molecule has 3 N–H and O–H groups in total. The summed E-state index contributed by atoms with van der Waals surface area (Å²) in [6, 6.07) is 17.9. The van der Waals surface area contributed by atoms with Crippen LogP contribution in [0.2, 0.25) is 0 Å². The van der Waals surface area contributed by atoms with E-state index in [4.69, 9.17) is 25.1 Å². The summed E-state index contributed by atoms with van der Waals surface area (Å²) in [4.78, 5) is 28.1. The van der Waals surface area contributed by atoms with Crippen molar-refractivity contribution >= 4 is 23.1 Å². The third kappa shape index (κ3) is 7.63. The van der Waals surface area contributed by atoms with E-state index in [-0.39, 0.29) is 23.8 Å². The third-order valence-electron chi connectivity index (χ3n) is 5.70. The number of likely N-dealkylation sites (N-methyl/N-ethyl adjacent to an activating group) is 1. The average molecular weight is 571 g/mol. The SMILES string of the molecule is CCON=C(C(C)=C(ON)c1ccccc1C(=NOC)C(=O)NC)c1ccc(Oc2ccc(C(F)(F)F)cc2)cc1. The van der Waals surface area contributed by atoms with Gasteiger partial charge in [-0.15, -0.1) is 0 Å². The van der Waals surface area contributed by atoms with E-state index in [0.717, 1.165) is 12.1 Å². The standard InChI is InChI=1S/C29H29F3N4O5/c1-5-39-36-25(19-10-14-21(15-11-19)40-22-16-12-20(13-17-22)29(30,31)32)18(2)27(41-33)24-9-7-6-8-23(24)26(35-38-4)28(37)34-3/h6-17H,5,33H2,1-4H3,(H,34,37). The van der Waals surface area contributed by atoms with Gasteiger partial charge in [-0.2, -0.15) is 19.1 Å². The van der Waals surface area contributed by atoms with Gasteiger partial charge in [0.1, 0.15) is 30.9 Å². The van der Waals surface area contributed by atoms with Crippen LogP contribution in [0.1, 0.15) is 36.1 Å². The molecule has 0 radical (unpaired) electrons. The Bertz CT molecular complexity index is 1430. The van der Waals surface area contributed by atoms with E-state index in [1.54, 1.807) is 62.4 Å². The molecular formula is C29H29F3N4O5. The molecule has 0 aliphatic heterocycles. The van der Waals surface area contributed by atoms with Crippen LogP contribution in [0.25, 0.3) is 5.76 Å². The number of allylic oxidation sites excluding steroid dienone is 1. The number of alkyl halides is 3. The van der Waals surface area contributed by atoms with Crippen molar-refractivity contribution < 1.29 is 37.2 Å². The summed E-state index contributed by atoms with van der Waals surface area (Å²) in [6.45, 7) is 3.77. The molecule has 1 amide bonds. The minimum absolute atomic E-state index is 0.000940. The van der Waals surface area contributed by atoms with E-state index >= 15 is 0 Å². The Morgan fingerprint density at radius 2 is 1.49 bits per heavy atom. The van der Waals surface area contributed by atoms with E-state index in [0.29, 0.717) is 33.7 Å². The van der Waals surface area contributed by atoms with E-state index in [9.17, 15) is 18.0 Å². The van der Waals surface area contributed by atoms with Crippen molar-refractivity contribution in [3.8, 4) is 11.5 Å². The van der Waals surface area contributed by atoms with Crippen LogP contribution in [0.4, 0.5) is 13.2 Å². The van der Waals surface area contributed by atoms with Gasteiger partial charge >= 0.3 is 6.18 Å². The smallest absolute Gasteiger partial charge is 0.416 e. The molecule has 0 aliphatic carbocycles. The molecule has 41 heavy (non-hydrogen) atoms. The number of carbonyl (C=O) groups is 1. The maximum Gasteiger partial charge on any atom is 0.416 e. The van der Waals surface area contributed by atoms with Gasteiger partial charge in [-0.25, -0.2) is 0 Å². The van der Waals surface area contributed by atoms with E-state index in [2.05, 4.69) is 15.6 Å². The molecule has 3 aromatic rings. The third-order valence-corrected chi connectivity index (χ3v) is 5.70. The van der Waals surface area contributed by atoms with Gasteiger partial charge in [0.15, 0.2) is 11.5 Å². The zero-order chi connectivity index (χ0) is 30.0. The first-order valence-corrected chi connectivity index (χ1v) is 12.3. The molecule has 0 saturated carbocycles. The summed E-state index contributed by atoms with van der Waals surface area (Å²) in [5.41, 5.74) is 1.50. The van der Waals surface area contributed by atoms with Crippen LogP contribution in [0.3, 0.4) is 0 Å². The lowest BCUT2D eigenvalue weighted by molar-refractivity contribution is -0.137. The molecule has 0 unspecified atom stereocenters. The molecular weight excluding hydrogens is 541 g/mol. The number of amides is 1. The highest BCUT2D eigenvalue weighted by atomic mass is 19.4. The maximum absolute atomic E-state index is 12.8.